The molecule has 0 saturated heterocycles. The van der Waals surface area contributed by atoms with Gasteiger partial charge < -0.3 is 15.7 Å². The van der Waals surface area contributed by atoms with Crippen molar-refractivity contribution in [3.8, 4) is 0 Å². The molecule has 1 fully saturated rings. The number of pyridine rings is 1. The van der Waals surface area contributed by atoms with E-state index in [9.17, 15) is 9.90 Å². The second-order valence-corrected chi connectivity index (χ2v) is 5.78. The number of nitrogens with zero attached hydrogens (tertiary/aromatic N) is 1. The summed E-state index contributed by atoms with van der Waals surface area (Å²) in [6, 6.07) is 3.71. The molecular weight excluding hydrogens is 266 g/mol. The predicted molar refractivity (Wildman–Crippen MR) is 81.8 cm³/mol. The van der Waals surface area contributed by atoms with E-state index in [4.69, 9.17) is 0 Å². The van der Waals surface area contributed by atoms with Crippen LogP contribution in [0.3, 0.4) is 0 Å². The molecule has 116 valence electrons. The molecule has 1 aromatic rings. The van der Waals surface area contributed by atoms with Gasteiger partial charge in [-0.05, 0) is 49.3 Å². The normalized spacial score (nSPS) is 23.3. The van der Waals surface area contributed by atoms with E-state index in [1.165, 1.54) is 0 Å². The summed E-state index contributed by atoms with van der Waals surface area (Å²) >= 11 is 0. The Kier molecular flexibility index (Phi) is 5.99. The third-order valence-corrected chi connectivity index (χ3v) is 4.13. The maximum Gasteiger partial charge on any atom is 0.315 e. The van der Waals surface area contributed by atoms with E-state index in [1.807, 2.05) is 19.1 Å². The van der Waals surface area contributed by atoms with Gasteiger partial charge in [-0.2, -0.15) is 0 Å². The average Bonchev–Trinajstić information content (AvgIpc) is 2.51. The maximum atomic E-state index is 12.0. The smallest absolute Gasteiger partial charge is 0.315 e. The molecule has 3 atom stereocenters. The third kappa shape index (κ3) is 5.01. The van der Waals surface area contributed by atoms with Crippen molar-refractivity contribution in [2.24, 2.45) is 5.92 Å². The molecule has 1 saturated carbocycles. The van der Waals surface area contributed by atoms with Crippen LogP contribution in [0.25, 0.3) is 0 Å². The molecular formula is C16H25N3O2. The van der Waals surface area contributed by atoms with E-state index < -0.39 is 0 Å². The minimum atomic E-state index is -0.200. The van der Waals surface area contributed by atoms with Crippen LogP contribution in [0.2, 0.25) is 0 Å². The Morgan fingerprint density at radius 3 is 2.86 bits per heavy atom. The van der Waals surface area contributed by atoms with Gasteiger partial charge in [-0.3, -0.25) is 4.98 Å². The van der Waals surface area contributed by atoms with Crippen LogP contribution in [0.15, 0.2) is 24.5 Å². The Balaban J connectivity index is 1.78. The van der Waals surface area contributed by atoms with Crippen LogP contribution in [-0.4, -0.2) is 28.8 Å². The molecule has 1 aliphatic carbocycles. The molecule has 0 bridgehead atoms. The van der Waals surface area contributed by atoms with Crippen molar-refractivity contribution in [2.75, 3.05) is 6.54 Å². The fraction of sp³-hybridized carbons (Fsp3) is 0.625. The van der Waals surface area contributed by atoms with Gasteiger partial charge in [0, 0.05) is 18.9 Å². The summed E-state index contributed by atoms with van der Waals surface area (Å²) in [7, 11) is 0. The highest BCUT2D eigenvalue weighted by atomic mass is 16.3. The molecule has 5 nitrogen and oxygen atoms in total. The Morgan fingerprint density at radius 2 is 2.19 bits per heavy atom. The van der Waals surface area contributed by atoms with Crippen LogP contribution in [0.1, 0.15) is 50.6 Å². The number of aliphatic hydroxyl groups excluding tert-OH is 1. The molecule has 0 radical (unpaired) electrons. The number of amides is 2. The van der Waals surface area contributed by atoms with Crippen molar-refractivity contribution in [1.29, 1.82) is 0 Å². The molecule has 5 heteroatoms. The molecule has 0 aliphatic heterocycles. The Bertz CT molecular complexity index is 438. The second-order valence-electron chi connectivity index (χ2n) is 5.78. The Labute approximate surface area is 126 Å². The largest absolute Gasteiger partial charge is 0.393 e. The Morgan fingerprint density at radius 1 is 1.43 bits per heavy atom. The zero-order valence-electron chi connectivity index (χ0n) is 12.6. The van der Waals surface area contributed by atoms with Gasteiger partial charge in [-0.25, -0.2) is 4.79 Å². The highest BCUT2D eigenvalue weighted by Crippen LogP contribution is 2.23. The van der Waals surface area contributed by atoms with Crippen LogP contribution >= 0.6 is 0 Å². The maximum absolute atomic E-state index is 12.0. The second kappa shape index (κ2) is 7.98. The van der Waals surface area contributed by atoms with E-state index >= 15 is 0 Å². The zero-order chi connectivity index (χ0) is 15.1. The van der Waals surface area contributed by atoms with Gasteiger partial charge in [0.2, 0.25) is 0 Å². The molecule has 21 heavy (non-hydrogen) atoms. The SMILES string of the molecule is CCC(NC(=O)NCC1CCCC(O)C1)c1ccncc1. The first-order chi connectivity index (χ1) is 10.2. The third-order valence-electron chi connectivity index (χ3n) is 4.13. The fourth-order valence-electron chi connectivity index (χ4n) is 2.91. The van der Waals surface area contributed by atoms with Gasteiger partial charge >= 0.3 is 6.03 Å². The predicted octanol–water partition coefficient (Wildman–Crippen LogP) is 2.38. The number of hydrogen-bond acceptors (Lipinski definition) is 3. The van der Waals surface area contributed by atoms with Gasteiger partial charge in [0.15, 0.2) is 0 Å². The number of hydrogen-bond donors (Lipinski definition) is 3. The van der Waals surface area contributed by atoms with Crippen LogP contribution in [0, 0.1) is 5.92 Å². The summed E-state index contributed by atoms with van der Waals surface area (Å²) < 4.78 is 0. The van der Waals surface area contributed by atoms with Gasteiger partial charge in [-0.1, -0.05) is 13.3 Å². The molecule has 1 aromatic heterocycles. The fourth-order valence-corrected chi connectivity index (χ4v) is 2.91. The number of aliphatic hydroxyl groups is 1. The van der Waals surface area contributed by atoms with E-state index in [2.05, 4.69) is 15.6 Å². The molecule has 3 N–H and O–H groups in total. The Hall–Kier alpha value is -1.62. The monoisotopic (exact) mass is 291 g/mol. The zero-order valence-corrected chi connectivity index (χ0v) is 12.6. The van der Waals surface area contributed by atoms with E-state index in [1.54, 1.807) is 12.4 Å². The summed E-state index contributed by atoms with van der Waals surface area (Å²) in [4.78, 5) is 16.0. The number of carbonyl (C=O) groups excluding carboxylic acids is 1. The van der Waals surface area contributed by atoms with E-state index in [0.717, 1.165) is 37.7 Å². The molecule has 1 heterocycles. The topological polar surface area (TPSA) is 74.2 Å². The van der Waals surface area contributed by atoms with Crippen molar-refractivity contribution in [1.82, 2.24) is 15.6 Å². The van der Waals surface area contributed by atoms with Crippen molar-refractivity contribution in [2.45, 2.75) is 51.2 Å². The highest BCUT2D eigenvalue weighted by molar-refractivity contribution is 5.74. The molecule has 0 aromatic carbocycles. The standard InChI is InChI=1S/C16H25N3O2/c1-2-15(13-6-8-17-9-7-13)19-16(21)18-11-12-4-3-5-14(20)10-12/h6-9,12,14-15,20H,2-5,10-11H2,1H3,(H2,18,19,21). The highest BCUT2D eigenvalue weighted by Gasteiger charge is 2.21. The molecule has 2 amide bonds. The van der Waals surface area contributed by atoms with Crippen molar-refractivity contribution in [3.05, 3.63) is 30.1 Å². The number of aromatic nitrogens is 1. The van der Waals surface area contributed by atoms with Gasteiger partial charge in [0.05, 0.1) is 12.1 Å². The van der Waals surface area contributed by atoms with Gasteiger partial charge in [-0.15, -0.1) is 0 Å². The van der Waals surface area contributed by atoms with Gasteiger partial charge in [0.25, 0.3) is 0 Å². The number of rotatable bonds is 5. The molecule has 1 aliphatic rings. The summed E-state index contributed by atoms with van der Waals surface area (Å²) in [6.45, 7) is 2.68. The first-order valence-electron chi connectivity index (χ1n) is 7.81. The van der Waals surface area contributed by atoms with Crippen LogP contribution in [0.5, 0.6) is 0 Å². The molecule has 2 rings (SSSR count). The van der Waals surface area contributed by atoms with Crippen LogP contribution < -0.4 is 10.6 Å². The lowest BCUT2D eigenvalue weighted by Gasteiger charge is -2.26. The lowest BCUT2D eigenvalue weighted by Crippen LogP contribution is -2.41. The lowest BCUT2D eigenvalue weighted by atomic mass is 9.87. The van der Waals surface area contributed by atoms with E-state index in [-0.39, 0.29) is 18.2 Å². The molecule has 0 spiro atoms. The minimum Gasteiger partial charge on any atom is -0.393 e. The van der Waals surface area contributed by atoms with E-state index in [0.29, 0.717) is 12.5 Å². The number of urea groups is 1. The summed E-state index contributed by atoms with van der Waals surface area (Å²) in [5, 5.41) is 15.6. The number of carbonyl (C=O) groups is 1. The average molecular weight is 291 g/mol. The summed E-state index contributed by atoms with van der Waals surface area (Å²) in [5.41, 5.74) is 1.07. The van der Waals surface area contributed by atoms with Crippen LogP contribution in [-0.2, 0) is 0 Å². The minimum absolute atomic E-state index is 0.00458. The van der Waals surface area contributed by atoms with Crippen molar-refractivity contribution >= 4 is 6.03 Å². The summed E-state index contributed by atoms with van der Waals surface area (Å²) in [5.74, 6) is 0.389. The van der Waals surface area contributed by atoms with Crippen LogP contribution in [0.4, 0.5) is 4.79 Å². The van der Waals surface area contributed by atoms with Crippen molar-refractivity contribution < 1.29 is 9.90 Å². The first-order valence-corrected chi connectivity index (χ1v) is 7.81. The van der Waals surface area contributed by atoms with Gasteiger partial charge in [0.1, 0.15) is 0 Å². The molecule has 3 unspecified atom stereocenters. The summed E-state index contributed by atoms with van der Waals surface area (Å²) in [6.07, 6.45) is 7.92. The quantitative estimate of drug-likeness (QED) is 0.779. The lowest BCUT2D eigenvalue weighted by molar-refractivity contribution is 0.101. The first kappa shape index (κ1) is 15.8. The van der Waals surface area contributed by atoms with Crippen molar-refractivity contribution in [3.63, 3.8) is 0 Å². The number of nitrogens with one attached hydrogen (secondary N) is 2.